The summed E-state index contributed by atoms with van der Waals surface area (Å²) in [6.45, 7) is 0. The third-order valence-electron chi connectivity index (χ3n) is 4.58. The fraction of sp³-hybridized carbons (Fsp3) is 0.125. The fourth-order valence-corrected chi connectivity index (χ4v) is 3.57. The molecule has 0 atom stereocenters. The highest BCUT2D eigenvalue weighted by atomic mass is 35.5. The van der Waals surface area contributed by atoms with Crippen LogP contribution in [0, 0.1) is 0 Å². The maximum atomic E-state index is 6.14. The second-order valence-corrected chi connectivity index (χ2v) is 7.83. The molecule has 5 nitrogen and oxygen atoms in total. The van der Waals surface area contributed by atoms with Crippen molar-refractivity contribution in [1.29, 1.82) is 0 Å². The van der Waals surface area contributed by atoms with Crippen LogP contribution in [0.4, 0.5) is 11.6 Å². The Balaban J connectivity index is 1.64. The molecule has 7 heteroatoms. The van der Waals surface area contributed by atoms with Crippen molar-refractivity contribution in [2.75, 3.05) is 12.4 Å². The Kier molecular flexibility index (Phi) is 6.65. The van der Waals surface area contributed by atoms with Crippen molar-refractivity contribution in [1.82, 2.24) is 15.0 Å². The van der Waals surface area contributed by atoms with Crippen molar-refractivity contribution < 1.29 is 4.74 Å². The Morgan fingerprint density at radius 3 is 1.77 bits per heavy atom. The van der Waals surface area contributed by atoms with Crippen LogP contribution in [0.15, 0.2) is 72.8 Å². The Bertz CT molecular complexity index is 1120. The summed E-state index contributed by atoms with van der Waals surface area (Å²) in [5.74, 6) is 2.58. The lowest BCUT2D eigenvalue weighted by Gasteiger charge is -2.10. The van der Waals surface area contributed by atoms with Crippen molar-refractivity contribution in [3.05, 3.63) is 106 Å². The average Bonchev–Trinajstić information content (AvgIpc) is 2.74. The molecule has 31 heavy (non-hydrogen) atoms. The predicted octanol–water partition coefficient (Wildman–Crippen LogP) is 6.11. The lowest BCUT2D eigenvalue weighted by atomic mass is 10.1. The molecule has 0 amide bonds. The molecule has 0 spiro atoms. The Labute approximate surface area is 191 Å². The molecule has 0 fully saturated rings. The van der Waals surface area contributed by atoms with Gasteiger partial charge in [0.2, 0.25) is 5.95 Å². The molecule has 156 valence electrons. The molecule has 1 heterocycles. The van der Waals surface area contributed by atoms with Crippen LogP contribution in [0.3, 0.4) is 0 Å². The molecule has 0 radical (unpaired) electrons. The van der Waals surface area contributed by atoms with E-state index in [4.69, 9.17) is 27.9 Å². The van der Waals surface area contributed by atoms with Gasteiger partial charge in [-0.2, -0.15) is 9.97 Å². The molecule has 0 bridgehead atoms. The van der Waals surface area contributed by atoms with Crippen LogP contribution in [0.25, 0.3) is 0 Å². The number of halogens is 2. The molecular weight excluding hydrogens is 431 g/mol. The largest absolute Gasteiger partial charge is 0.497 e. The third-order valence-corrected chi connectivity index (χ3v) is 5.05. The van der Waals surface area contributed by atoms with Crippen molar-refractivity contribution >= 4 is 34.8 Å². The number of nitrogens with one attached hydrogen (secondary N) is 1. The van der Waals surface area contributed by atoms with Gasteiger partial charge in [0.1, 0.15) is 17.4 Å². The third kappa shape index (κ3) is 5.94. The van der Waals surface area contributed by atoms with Gasteiger partial charge in [-0.15, -0.1) is 0 Å². The van der Waals surface area contributed by atoms with Gasteiger partial charge in [-0.1, -0.05) is 47.5 Å². The summed E-state index contributed by atoms with van der Waals surface area (Å²) in [5.41, 5.74) is 2.92. The zero-order chi connectivity index (χ0) is 21.6. The van der Waals surface area contributed by atoms with Crippen LogP contribution in [0.1, 0.15) is 22.8 Å². The second-order valence-electron chi connectivity index (χ2n) is 6.96. The molecule has 1 aromatic heterocycles. The number of ether oxygens (including phenoxy) is 1. The lowest BCUT2D eigenvalue weighted by molar-refractivity contribution is 0.415. The predicted molar refractivity (Wildman–Crippen MR) is 125 cm³/mol. The fourth-order valence-electron chi connectivity index (χ4n) is 3.14. The average molecular weight is 451 g/mol. The summed E-state index contributed by atoms with van der Waals surface area (Å²) < 4.78 is 5.22. The number of hydrogen-bond acceptors (Lipinski definition) is 5. The van der Waals surface area contributed by atoms with E-state index in [1.54, 1.807) is 7.11 Å². The first-order chi connectivity index (χ1) is 15.1. The van der Waals surface area contributed by atoms with E-state index in [0.717, 1.165) is 22.6 Å². The Morgan fingerprint density at radius 2 is 1.29 bits per heavy atom. The molecule has 4 aromatic rings. The highest BCUT2D eigenvalue weighted by molar-refractivity contribution is 6.30. The van der Waals surface area contributed by atoms with Gasteiger partial charge < -0.3 is 10.1 Å². The van der Waals surface area contributed by atoms with E-state index < -0.39 is 0 Å². The van der Waals surface area contributed by atoms with E-state index in [0.29, 0.717) is 40.5 Å². The molecule has 1 N–H and O–H groups in total. The van der Waals surface area contributed by atoms with Crippen LogP contribution < -0.4 is 10.1 Å². The van der Waals surface area contributed by atoms with E-state index in [-0.39, 0.29) is 0 Å². The molecular formula is C24H20Cl2N4O. The summed E-state index contributed by atoms with van der Waals surface area (Å²) in [5, 5.41) is 4.63. The first-order valence-electron chi connectivity index (χ1n) is 9.71. The molecule has 0 aliphatic carbocycles. The molecule has 0 aliphatic heterocycles. The number of rotatable bonds is 7. The van der Waals surface area contributed by atoms with E-state index in [9.17, 15) is 0 Å². The van der Waals surface area contributed by atoms with Crippen molar-refractivity contribution in [2.45, 2.75) is 12.8 Å². The standard InChI is InChI=1S/C24H20Cl2N4O/c1-31-21-10-8-20(9-11-21)27-24-29-22(14-16-4-2-6-18(25)12-16)28-23(30-24)15-17-5-3-7-19(26)13-17/h2-13H,14-15H2,1H3,(H,27,28,29,30). The van der Waals surface area contributed by atoms with Crippen LogP contribution in [0.2, 0.25) is 10.0 Å². The van der Waals surface area contributed by atoms with Gasteiger partial charge in [0.15, 0.2) is 0 Å². The summed E-state index contributed by atoms with van der Waals surface area (Å²) in [4.78, 5) is 13.9. The summed E-state index contributed by atoms with van der Waals surface area (Å²) in [6.07, 6.45) is 1.09. The van der Waals surface area contributed by atoms with Crippen molar-refractivity contribution in [2.24, 2.45) is 0 Å². The maximum absolute atomic E-state index is 6.14. The van der Waals surface area contributed by atoms with Crippen LogP contribution in [0.5, 0.6) is 5.75 Å². The Morgan fingerprint density at radius 1 is 0.742 bits per heavy atom. The van der Waals surface area contributed by atoms with Gasteiger partial charge >= 0.3 is 0 Å². The SMILES string of the molecule is COc1ccc(Nc2nc(Cc3cccc(Cl)c3)nc(Cc3cccc(Cl)c3)n2)cc1. The number of hydrogen-bond donors (Lipinski definition) is 1. The van der Waals surface area contributed by atoms with Crippen LogP contribution >= 0.6 is 23.2 Å². The normalized spacial score (nSPS) is 10.7. The highest BCUT2D eigenvalue weighted by Crippen LogP contribution is 2.20. The molecule has 3 aromatic carbocycles. The topological polar surface area (TPSA) is 59.9 Å². The Hall–Kier alpha value is -3.15. The van der Waals surface area contributed by atoms with Gasteiger partial charge in [0.25, 0.3) is 0 Å². The highest BCUT2D eigenvalue weighted by Gasteiger charge is 2.10. The molecule has 0 unspecified atom stereocenters. The lowest BCUT2D eigenvalue weighted by Crippen LogP contribution is -2.09. The smallest absolute Gasteiger partial charge is 0.230 e. The zero-order valence-electron chi connectivity index (χ0n) is 16.8. The quantitative estimate of drug-likeness (QED) is 0.367. The van der Waals surface area contributed by atoms with Crippen LogP contribution in [-0.2, 0) is 12.8 Å². The first-order valence-corrected chi connectivity index (χ1v) is 10.5. The molecule has 0 saturated heterocycles. The van der Waals surface area contributed by atoms with Crippen molar-refractivity contribution in [3.8, 4) is 5.75 Å². The van der Waals surface area contributed by atoms with Gasteiger partial charge in [0.05, 0.1) is 7.11 Å². The number of nitrogens with zero attached hydrogens (tertiary/aromatic N) is 3. The summed E-state index contributed by atoms with van der Waals surface area (Å²) >= 11 is 12.3. The van der Waals surface area contributed by atoms with Gasteiger partial charge in [-0.3, -0.25) is 0 Å². The van der Waals surface area contributed by atoms with E-state index in [1.807, 2.05) is 72.8 Å². The zero-order valence-corrected chi connectivity index (χ0v) is 18.4. The van der Waals surface area contributed by atoms with Gasteiger partial charge in [-0.25, -0.2) is 4.98 Å². The minimum Gasteiger partial charge on any atom is -0.497 e. The number of aromatic nitrogens is 3. The maximum Gasteiger partial charge on any atom is 0.230 e. The monoisotopic (exact) mass is 450 g/mol. The van der Waals surface area contributed by atoms with E-state index >= 15 is 0 Å². The first kappa shape index (κ1) is 21.1. The van der Waals surface area contributed by atoms with Crippen molar-refractivity contribution in [3.63, 3.8) is 0 Å². The summed E-state index contributed by atoms with van der Waals surface area (Å²) in [6, 6.07) is 22.9. The van der Waals surface area contributed by atoms with Gasteiger partial charge in [-0.05, 0) is 59.7 Å². The minimum atomic E-state index is 0.481. The number of anilines is 2. The number of benzene rings is 3. The second kappa shape index (κ2) is 9.77. The number of methoxy groups -OCH3 is 1. The molecule has 4 rings (SSSR count). The van der Waals surface area contributed by atoms with E-state index in [2.05, 4.69) is 20.3 Å². The molecule has 0 aliphatic rings. The van der Waals surface area contributed by atoms with E-state index in [1.165, 1.54) is 0 Å². The van der Waals surface area contributed by atoms with Gasteiger partial charge in [0, 0.05) is 28.6 Å². The summed E-state index contributed by atoms with van der Waals surface area (Å²) in [7, 11) is 1.64. The molecule has 0 saturated carbocycles. The minimum absolute atomic E-state index is 0.481. The van der Waals surface area contributed by atoms with Crippen LogP contribution in [-0.4, -0.2) is 22.1 Å².